The molecule has 4 aromatic rings. The van der Waals surface area contributed by atoms with Crippen LogP contribution in [0.3, 0.4) is 0 Å². The molecule has 5 amide bonds. The summed E-state index contributed by atoms with van der Waals surface area (Å²) in [7, 11) is 2.02. The van der Waals surface area contributed by atoms with Crippen molar-refractivity contribution >= 4 is 66.9 Å². The van der Waals surface area contributed by atoms with Crippen LogP contribution in [0.25, 0.3) is 22.3 Å². The van der Waals surface area contributed by atoms with Gasteiger partial charge in [0.1, 0.15) is 41.1 Å². The molecule has 1 aliphatic heterocycles. The Labute approximate surface area is 409 Å². The molecule has 18 heteroatoms. The fourth-order valence-electron chi connectivity index (χ4n) is 7.49. The summed E-state index contributed by atoms with van der Waals surface area (Å²) in [6.45, 7) is 12.1. The number of ether oxygens (including phenoxy) is 3. The van der Waals surface area contributed by atoms with Crippen LogP contribution in [0.4, 0.5) is 9.59 Å². The molecule has 368 valence electrons. The van der Waals surface area contributed by atoms with E-state index in [2.05, 4.69) is 21.3 Å². The number of esters is 1. The second-order valence-corrected chi connectivity index (χ2v) is 20.3. The number of rotatable bonds is 13. The summed E-state index contributed by atoms with van der Waals surface area (Å²) in [4.78, 5) is 97.0. The van der Waals surface area contributed by atoms with Gasteiger partial charge in [-0.3, -0.25) is 19.2 Å². The lowest BCUT2D eigenvalue weighted by molar-refractivity contribution is -0.145. The third-order valence-electron chi connectivity index (χ3n) is 10.8. The van der Waals surface area contributed by atoms with Gasteiger partial charge in [-0.15, -0.1) is 0 Å². The van der Waals surface area contributed by atoms with Gasteiger partial charge in [0.25, 0.3) is 5.91 Å². The molecule has 0 aliphatic carbocycles. The quantitative estimate of drug-likeness (QED) is 0.0387. The maximum atomic E-state index is 14.9. The van der Waals surface area contributed by atoms with Crippen LogP contribution >= 0.6 is 20.2 Å². The van der Waals surface area contributed by atoms with Crippen molar-refractivity contribution in [3.8, 4) is 28.0 Å². The number of hydrogen-bond donors (Lipinski definition) is 5. The van der Waals surface area contributed by atoms with Gasteiger partial charge in [-0.1, -0.05) is 60.1 Å². The van der Waals surface area contributed by atoms with Crippen LogP contribution in [-0.4, -0.2) is 101 Å². The molecule has 4 aromatic carbocycles. The smallest absolute Gasteiger partial charge is 0.407 e. The first kappa shape index (κ1) is 53.4. The lowest BCUT2D eigenvalue weighted by atomic mass is 9.94. The SMILES string of the molecule is COC(=O)[C@@H]1Cc2ccc(PC(=O)OC(C)(C)C)c(c2)-c2cc(ccc2O)[C@H](N(C)C(=O)[C@H](CCCCNC(=O)OC(C)(C)C)NC(=O)c2ccc(-c3ccc(Cl)cc3)cc2)C(=O)N[C@@H](C)C(=O)N1. The minimum Gasteiger partial charge on any atom is -0.507 e. The molecule has 0 saturated heterocycles. The third-order valence-corrected chi connectivity index (χ3v) is 12.1. The van der Waals surface area contributed by atoms with Crippen LogP contribution in [0.15, 0.2) is 84.9 Å². The van der Waals surface area contributed by atoms with Crippen LogP contribution in [0.5, 0.6) is 5.75 Å². The highest BCUT2D eigenvalue weighted by molar-refractivity contribution is 7.64. The number of phenolic OH excluding ortho intramolecular Hbond substituents is 1. The minimum absolute atomic E-state index is 0.0428. The molecule has 5 atom stereocenters. The number of halogens is 1. The predicted molar refractivity (Wildman–Crippen MR) is 265 cm³/mol. The Morgan fingerprint density at radius 3 is 2.09 bits per heavy atom. The van der Waals surface area contributed by atoms with E-state index in [0.717, 1.165) is 16.0 Å². The van der Waals surface area contributed by atoms with Crippen molar-refractivity contribution in [1.29, 1.82) is 0 Å². The first-order valence-electron chi connectivity index (χ1n) is 22.5. The van der Waals surface area contributed by atoms with E-state index in [9.17, 15) is 38.7 Å². The Bertz CT molecular complexity index is 2540. The second-order valence-electron chi connectivity index (χ2n) is 18.7. The molecule has 69 heavy (non-hydrogen) atoms. The van der Waals surface area contributed by atoms with Crippen molar-refractivity contribution < 1.29 is 52.9 Å². The van der Waals surface area contributed by atoms with Gasteiger partial charge in [0.2, 0.25) is 17.7 Å². The summed E-state index contributed by atoms with van der Waals surface area (Å²) in [6, 6.07) is 18.3. The largest absolute Gasteiger partial charge is 0.507 e. The number of methoxy groups -OCH3 is 1. The van der Waals surface area contributed by atoms with Crippen LogP contribution in [-0.2, 0) is 39.8 Å². The Morgan fingerprint density at radius 2 is 1.46 bits per heavy atom. The number of fused-ring (bicyclic) bond motifs is 5. The highest BCUT2D eigenvalue weighted by Crippen LogP contribution is 2.37. The zero-order chi connectivity index (χ0) is 50.8. The molecule has 16 nitrogen and oxygen atoms in total. The zero-order valence-electron chi connectivity index (χ0n) is 40.3. The maximum absolute atomic E-state index is 14.9. The van der Waals surface area contributed by atoms with Crippen LogP contribution < -0.4 is 26.6 Å². The third kappa shape index (κ3) is 15.2. The second kappa shape index (κ2) is 23.2. The molecule has 0 radical (unpaired) electrons. The molecule has 4 bridgehead atoms. The number of benzene rings is 4. The monoisotopic (exact) mass is 985 g/mol. The van der Waals surface area contributed by atoms with Crippen LogP contribution in [0.1, 0.15) is 95.3 Å². The van der Waals surface area contributed by atoms with Gasteiger partial charge < -0.3 is 45.5 Å². The number of unbranched alkanes of at least 4 members (excludes halogenated alkanes) is 1. The maximum Gasteiger partial charge on any atom is 0.407 e. The van der Waals surface area contributed by atoms with E-state index >= 15 is 0 Å². The molecular formula is C51H61ClN5O11P. The lowest BCUT2D eigenvalue weighted by Gasteiger charge is -2.32. The van der Waals surface area contributed by atoms with E-state index in [4.69, 9.17) is 25.8 Å². The molecule has 0 aromatic heterocycles. The fourth-order valence-corrected chi connectivity index (χ4v) is 8.70. The number of amides is 5. The molecule has 0 fully saturated rings. The van der Waals surface area contributed by atoms with Gasteiger partial charge >= 0.3 is 17.8 Å². The molecule has 1 aliphatic rings. The summed E-state index contributed by atoms with van der Waals surface area (Å²) in [6.07, 6.45) is 0.170. The normalized spacial score (nSPS) is 16.8. The van der Waals surface area contributed by atoms with E-state index in [1.165, 1.54) is 39.3 Å². The summed E-state index contributed by atoms with van der Waals surface area (Å²) >= 11 is 6.08. The van der Waals surface area contributed by atoms with E-state index in [1.807, 2.05) is 12.1 Å². The number of aromatic hydroxyl groups is 1. The number of carbonyl (C=O) groups excluding carboxylic acids is 7. The number of phenols is 1. The van der Waals surface area contributed by atoms with Crippen molar-refractivity contribution in [3.63, 3.8) is 0 Å². The highest BCUT2D eigenvalue weighted by Gasteiger charge is 2.36. The molecule has 0 saturated carbocycles. The minimum atomic E-state index is -1.47. The number of hydrogen-bond acceptors (Lipinski definition) is 11. The summed E-state index contributed by atoms with van der Waals surface area (Å²) in [5.74, 6) is -3.73. The van der Waals surface area contributed by atoms with Crippen LogP contribution in [0.2, 0.25) is 5.02 Å². The Morgan fingerprint density at radius 1 is 0.826 bits per heavy atom. The Kier molecular flexibility index (Phi) is 18.0. The van der Waals surface area contributed by atoms with E-state index in [0.29, 0.717) is 34.3 Å². The van der Waals surface area contributed by atoms with Crippen LogP contribution in [0, 0.1) is 0 Å². The molecule has 1 heterocycles. The average Bonchev–Trinajstić information content (AvgIpc) is 3.27. The molecular weight excluding hydrogens is 925 g/mol. The first-order chi connectivity index (χ1) is 32.4. The number of carbonyl (C=O) groups is 7. The summed E-state index contributed by atoms with van der Waals surface area (Å²) in [5, 5.41) is 23.5. The number of nitrogens with one attached hydrogen (secondary N) is 4. The predicted octanol–water partition coefficient (Wildman–Crippen LogP) is 7.33. The number of likely N-dealkylation sites (N-methyl/N-ethyl adjacent to an activating group) is 1. The molecule has 1 unspecified atom stereocenters. The molecule has 5 rings (SSSR count). The van der Waals surface area contributed by atoms with Crippen molar-refractivity contribution in [2.24, 2.45) is 0 Å². The zero-order valence-corrected chi connectivity index (χ0v) is 42.0. The van der Waals surface area contributed by atoms with Gasteiger partial charge in [0, 0.05) is 44.7 Å². The van der Waals surface area contributed by atoms with E-state index in [1.54, 1.807) is 96.1 Å². The number of alkyl carbamates (subject to hydrolysis) is 1. The first-order valence-corrected chi connectivity index (χ1v) is 23.9. The van der Waals surface area contributed by atoms with Gasteiger partial charge in [-0.05, 0) is 137 Å². The van der Waals surface area contributed by atoms with Gasteiger partial charge in [-0.25, -0.2) is 14.4 Å². The lowest BCUT2D eigenvalue weighted by Crippen LogP contribution is -2.55. The van der Waals surface area contributed by atoms with Gasteiger partial charge in [0.05, 0.1) is 7.11 Å². The van der Waals surface area contributed by atoms with Gasteiger partial charge in [-0.2, -0.15) is 0 Å². The fraction of sp³-hybridized carbons (Fsp3) is 0.392. The average molecular weight is 986 g/mol. The standard InChI is InChI=1S/C51H61ClN5O11P/c1-29-43(59)56-39(47(63)66-9)27-30-13-24-41(69-49(65)68-51(5,6)7)37(26-30)36-28-34(20-23-40(36)58)42(45(61)54-29)57(8)46(62)38(12-10-11-25-53-48(64)67-50(2,3)4)55-44(60)33-16-14-31(15-17-33)32-18-21-35(52)22-19-32/h13-24,26,28-29,38-39,42,58,69H,10-12,25,27H2,1-9H3,(H,53,64)(H,54,61)(H,55,60)(H,56,59)/t29-,38-,39-,42-/m0/s1. The summed E-state index contributed by atoms with van der Waals surface area (Å²) < 4.78 is 16.0. The van der Waals surface area contributed by atoms with Crippen molar-refractivity contribution in [1.82, 2.24) is 26.2 Å². The topological polar surface area (TPSA) is 219 Å². The van der Waals surface area contributed by atoms with E-state index < -0.39 is 85.4 Å². The number of nitrogens with zero attached hydrogens (tertiary/aromatic N) is 1. The molecule has 0 spiro atoms. The van der Waals surface area contributed by atoms with Crippen molar-refractivity contribution in [2.45, 2.75) is 110 Å². The van der Waals surface area contributed by atoms with Crippen molar-refractivity contribution in [3.05, 3.63) is 107 Å². The van der Waals surface area contributed by atoms with Gasteiger partial charge in [0.15, 0.2) is 0 Å². The molecule has 5 N–H and O–H groups in total. The summed E-state index contributed by atoms with van der Waals surface area (Å²) in [5.41, 5.74) is 1.27. The highest BCUT2D eigenvalue weighted by atomic mass is 35.5. The Balaban J connectivity index is 1.55. The Hall–Kier alpha value is -6.51. The van der Waals surface area contributed by atoms with Crippen molar-refractivity contribution in [2.75, 3.05) is 20.7 Å². The van der Waals surface area contributed by atoms with E-state index in [-0.39, 0.29) is 41.8 Å².